The first-order valence-electron chi connectivity index (χ1n) is 8.28. The fraction of sp³-hybridized carbons (Fsp3) is 0.150. The Morgan fingerprint density at radius 1 is 1.19 bits per heavy atom. The topological polar surface area (TPSA) is 105 Å². The number of nitrogens with one attached hydrogen (secondary N) is 1. The second-order valence-electron chi connectivity index (χ2n) is 6.27. The number of carbonyl (C=O) groups excluding carboxylic acids is 2. The SMILES string of the molecule is Cc1ccc(NC(=O)Cc2nc(-c3ccc(O)c(C(N)=O)c3)cs2)c(C)c1. The fourth-order valence-corrected chi connectivity index (χ4v) is 3.50. The van der Waals surface area contributed by atoms with E-state index in [4.69, 9.17) is 5.73 Å². The highest BCUT2D eigenvalue weighted by molar-refractivity contribution is 7.10. The van der Waals surface area contributed by atoms with Gasteiger partial charge in [0.05, 0.1) is 17.7 Å². The summed E-state index contributed by atoms with van der Waals surface area (Å²) in [5.41, 5.74) is 9.50. The third-order valence-corrected chi connectivity index (χ3v) is 4.93. The minimum absolute atomic E-state index is 0.0367. The molecule has 1 heterocycles. The molecular formula is C20H19N3O3S. The van der Waals surface area contributed by atoms with Crippen molar-refractivity contribution in [2.45, 2.75) is 20.3 Å². The molecule has 0 radical (unpaired) electrons. The lowest BCUT2D eigenvalue weighted by molar-refractivity contribution is -0.115. The van der Waals surface area contributed by atoms with E-state index in [1.54, 1.807) is 11.4 Å². The van der Waals surface area contributed by atoms with Gasteiger partial charge in [-0.2, -0.15) is 0 Å². The molecule has 0 spiro atoms. The molecule has 0 unspecified atom stereocenters. The Kier molecular flexibility index (Phi) is 5.23. The summed E-state index contributed by atoms with van der Waals surface area (Å²) in [5, 5.41) is 15.0. The minimum atomic E-state index is -0.711. The van der Waals surface area contributed by atoms with Gasteiger partial charge in [0.15, 0.2) is 0 Å². The zero-order valence-corrected chi connectivity index (χ0v) is 15.8. The number of hydrogen-bond acceptors (Lipinski definition) is 5. The Hall–Kier alpha value is -3.19. The maximum absolute atomic E-state index is 12.3. The molecule has 0 aliphatic heterocycles. The number of carbonyl (C=O) groups is 2. The maximum Gasteiger partial charge on any atom is 0.252 e. The summed E-state index contributed by atoms with van der Waals surface area (Å²) in [5.74, 6) is -1.03. The van der Waals surface area contributed by atoms with Gasteiger partial charge in [-0.1, -0.05) is 17.7 Å². The lowest BCUT2D eigenvalue weighted by Crippen LogP contribution is -2.15. The van der Waals surface area contributed by atoms with Crippen molar-refractivity contribution in [3.63, 3.8) is 0 Å². The van der Waals surface area contributed by atoms with Gasteiger partial charge >= 0.3 is 0 Å². The van der Waals surface area contributed by atoms with Gasteiger partial charge in [0, 0.05) is 16.6 Å². The zero-order valence-electron chi connectivity index (χ0n) is 14.9. The predicted molar refractivity (Wildman–Crippen MR) is 106 cm³/mol. The molecule has 1 aromatic heterocycles. The summed E-state index contributed by atoms with van der Waals surface area (Å²) in [7, 11) is 0. The van der Waals surface area contributed by atoms with Crippen molar-refractivity contribution in [1.29, 1.82) is 0 Å². The zero-order chi connectivity index (χ0) is 19.6. The molecule has 6 nitrogen and oxygen atoms in total. The van der Waals surface area contributed by atoms with E-state index < -0.39 is 5.91 Å². The second-order valence-corrected chi connectivity index (χ2v) is 7.21. The Morgan fingerprint density at radius 2 is 1.96 bits per heavy atom. The molecular weight excluding hydrogens is 362 g/mol. The van der Waals surface area contributed by atoms with Crippen LogP contribution in [0.1, 0.15) is 26.5 Å². The number of aromatic hydroxyl groups is 1. The number of hydrogen-bond donors (Lipinski definition) is 3. The van der Waals surface area contributed by atoms with Crippen molar-refractivity contribution < 1.29 is 14.7 Å². The van der Waals surface area contributed by atoms with Crippen LogP contribution in [-0.4, -0.2) is 21.9 Å². The van der Waals surface area contributed by atoms with Gasteiger partial charge in [-0.15, -0.1) is 11.3 Å². The van der Waals surface area contributed by atoms with Gasteiger partial charge in [-0.05, 0) is 43.7 Å². The minimum Gasteiger partial charge on any atom is -0.507 e. The molecule has 7 heteroatoms. The monoisotopic (exact) mass is 381 g/mol. The van der Waals surface area contributed by atoms with Crippen molar-refractivity contribution >= 4 is 28.8 Å². The average Bonchev–Trinajstić information content (AvgIpc) is 3.06. The number of anilines is 1. The normalized spacial score (nSPS) is 10.6. The smallest absolute Gasteiger partial charge is 0.252 e. The number of amides is 2. The van der Waals surface area contributed by atoms with Crippen molar-refractivity contribution in [1.82, 2.24) is 4.98 Å². The summed E-state index contributed by atoms with van der Waals surface area (Å²) >= 11 is 1.36. The Morgan fingerprint density at radius 3 is 2.67 bits per heavy atom. The number of nitrogens with two attached hydrogens (primary N) is 1. The number of nitrogens with zero attached hydrogens (tertiary/aromatic N) is 1. The number of aryl methyl sites for hydroxylation is 2. The third-order valence-electron chi connectivity index (χ3n) is 4.08. The first-order valence-corrected chi connectivity index (χ1v) is 9.16. The molecule has 0 aliphatic rings. The molecule has 2 amide bonds. The summed E-state index contributed by atoms with van der Waals surface area (Å²) < 4.78 is 0. The number of phenols is 1. The largest absolute Gasteiger partial charge is 0.507 e. The highest BCUT2D eigenvalue weighted by atomic mass is 32.1. The lowest BCUT2D eigenvalue weighted by atomic mass is 10.1. The number of rotatable bonds is 5. The fourth-order valence-electron chi connectivity index (χ4n) is 2.70. The van der Waals surface area contributed by atoms with Crippen LogP contribution in [0, 0.1) is 13.8 Å². The van der Waals surface area contributed by atoms with E-state index in [0.29, 0.717) is 16.3 Å². The first kappa shape index (κ1) is 18.6. The number of benzene rings is 2. The summed E-state index contributed by atoms with van der Waals surface area (Å²) in [6.45, 7) is 3.95. The van der Waals surface area contributed by atoms with Crippen LogP contribution >= 0.6 is 11.3 Å². The van der Waals surface area contributed by atoms with E-state index in [1.165, 1.54) is 23.5 Å². The van der Waals surface area contributed by atoms with E-state index in [2.05, 4.69) is 10.3 Å². The average molecular weight is 381 g/mol. The van der Waals surface area contributed by atoms with Gasteiger partial charge < -0.3 is 16.2 Å². The molecule has 0 saturated heterocycles. The van der Waals surface area contributed by atoms with Crippen LogP contribution in [0.2, 0.25) is 0 Å². The molecule has 0 aliphatic carbocycles. The summed E-state index contributed by atoms with van der Waals surface area (Å²) in [6, 6.07) is 10.4. The van der Waals surface area contributed by atoms with E-state index in [0.717, 1.165) is 16.8 Å². The van der Waals surface area contributed by atoms with Crippen LogP contribution in [-0.2, 0) is 11.2 Å². The summed E-state index contributed by atoms with van der Waals surface area (Å²) in [6.07, 6.45) is 0.152. The quantitative estimate of drug-likeness (QED) is 0.630. The van der Waals surface area contributed by atoms with E-state index in [1.807, 2.05) is 32.0 Å². The van der Waals surface area contributed by atoms with Gasteiger partial charge in [0.1, 0.15) is 10.8 Å². The molecule has 0 fully saturated rings. The molecule has 27 heavy (non-hydrogen) atoms. The van der Waals surface area contributed by atoms with E-state index in [9.17, 15) is 14.7 Å². The first-order chi connectivity index (χ1) is 12.8. The highest BCUT2D eigenvalue weighted by Gasteiger charge is 2.13. The third kappa shape index (κ3) is 4.32. The van der Waals surface area contributed by atoms with Crippen LogP contribution in [0.5, 0.6) is 5.75 Å². The Balaban J connectivity index is 1.73. The number of thiazole rings is 1. The van der Waals surface area contributed by atoms with Gasteiger partial charge in [0.25, 0.3) is 5.91 Å². The molecule has 4 N–H and O–H groups in total. The van der Waals surface area contributed by atoms with Crippen molar-refractivity contribution in [2.24, 2.45) is 5.73 Å². The molecule has 3 aromatic rings. The van der Waals surface area contributed by atoms with Crippen molar-refractivity contribution in [3.8, 4) is 17.0 Å². The van der Waals surface area contributed by atoms with Crippen LogP contribution in [0.15, 0.2) is 41.8 Å². The van der Waals surface area contributed by atoms with Crippen molar-refractivity contribution in [2.75, 3.05) is 5.32 Å². The number of aromatic nitrogens is 1. The molecule has 2 aromatic carbocycles. The van der Waals surface area contributed by atoms with Gasteiger partial charge in [-0.3, -0.25) is 9.59 Å². The van der Waals surface area contributed by atoms with Gasteiger partial charge in [-0.25, -0.2) is 4.98 Å². The highest BCUT2D eigenvalue weighted by Crippen LogP contribution is 2.27. The van der Waals surface area contributed by atoms with Crippen LogP contribution in [0.4, 0.5) is 5.69 Å². The number of primary amides is 1. The Labute approximate surface area is 160 Å². The standard InChI is InChI=1S/C20H19N3O3S/c1-11-3-5-15(12(2)7-11)22-18(25)9-19-23-16(10-27-19)13-4-6-17(24)14(8-13)20(21)26/h3-8,10,24H,9H2,1-2H3,(H2,21,26)(H,22,25). The van der Waals surface area contributed by atoms with Crippen molar-refractivity contribution in [3.05, 3.63) is 63.5 Å². The Bertz CT molecular complexity index is 1030. The second kappa shape index (κ2) is 7.59. The molecule has 0 atom stereocenters. The molecule has 3 rings (SSSR count). The molecule has 0 bridgehead atoms. The molecule has 0 saturated carbocycles. The lowest BCUT2D eigenvalue weighted by Gasteiger charge is -2.08. The summed E-state index contributed by atoms with van der Waals surface area (Å²) in [4.78, 5) is 28.1. The van der Waals surface area contributed by atoms with Crippen LogP contribution in [0.3, 0.4) is 0 Å². The van der Waals surface area contributed by atoms with E-state index in [-0.39, 0.29) is 23.6 Å². The van der Waals surface area contributed by atoms with Gasteiger partial charge in [0.2, 0.25) is 5.91 Å². The maximum atomic E-state index is 12.3. The van der Waals surface area contributed by atoms with Crippen LogP contribution < -0.4 is 11.1 Å². The van der Waals surface area contributed by atoms with Crippen LogP contribution in [0.25, 0.3) is 11.3 Å². The molecule has 138 valence electrons. The predicted octanol–water partition coefficient (Wildman–Crippen LogP) is 3.41. The van der Waals surface area contributed by atoms with E-state index >= 15 is 0 Å².